The fourth-order valence-electron chi connectivity index (χ4n) is 1.98. The normalized spacial score (nSPS) is 26.4. The van der Waals surface area contributed by atoms with Gasteiger partial charge >= 0.3 is 0 Å². The van der Waals surface area contributed by atoms with Gasteiger partial charge in [0.1, 0.15) is 4.21 Å². The maximum absolute atomic E-state index is 12.4. The largest absolute Gasteiger partial charge is 0.252 e. The summed E-state index contributed by atoms with van der Waals surface area (Å²) < 4.78 is 27.3. The lowest BCUT2D eigenvalue weighted by molar-refractivity contribution is 0.286. The van der Waals surface area contributed by atoms with Gasteiger partial charge in [-0.2, -0.15) is 4.31 Å². The summed E-state index contributed by atoms with van der Waals surface area (Å²) in [6, 6.07) is 1.64. The van der Waals surface area contributed by atoms with Crippen molar-refractivity contribution >= 4 is 44.6 Å². The summed E-state index contributed by atoms with van der Waals surface area (Å²) in [6.07, 6.45) is 0.694. The molecule has 1 aromatic heterocycles. The summed E-state index contributed by atoms with van der Waals surface area (Å²) in [7, 11) is -3.41. The molecule has 0 bridgehead atoms. The van der Waals surface area contributed by atoms with Crippen LogP contribution in [-0.2, 0) is 10.0 Å². The van der Waals surface area contributed by atoms with Gasteiger partial charge in [-0.25, -0.2) is 8.42 Å². The Balaban J connectivity index is 2.26. The van der Waals surface area contributed by atoms with E-state index in [-0.39, 0.29) is 11.3 Å². The van der Waals surface area contributed by atoms with Gasteiger partial charge in [-0.3, -0.25) is 0 Å². The van der Waals surface area contributed by atoms with Gasteiger partial charge in [0.15, 0.2) is 0 Å². The summed E-state index contributed by atoms with van der Waals surface area (Å²) in [5.74, 6) is 0.173. The van der Waals surface area contributed by atoms with E-state index < -0.39 is 10.0 Å². The Bertz CT molecular complexity index is 522. The van der Waals surface area contributed by atoms with Gasteiger partial charge < -0.3 is 0 Å². The molecule has 18 heavy (non-hydrogen) atoms. The molecule has 102 valence electrons. The molecule has 0 amide bonds. The van der Waals surface area contributed by atoms with Crippen LogP contribution in [0.5, 0.6) is 0 Å². The van der Waals surface area contributed by atoms with Crippen molar-refractivity contribution in [3.05, 3.63) is 16.0 Å². The second kappa shape index (κ2) is 5.29. The highest BCUT2D eigenvalue weighted by Crippen LogP contribution is 2.34. The SMILES string of the molecule is Cc1cc(S(=O)(=O)N2CCC(Cl)C(C)C2)sc1Cl. The minimum atomic E-state index is -3.41. The average Bonchev–Trinajstić information content (AvgIpc) is 2.64. The first-order valence-corrected chi connectivity index (χ1v) is 8.79. The molecule has 2 heterocycles. The first-order valence-electron chi connectivity index (χ1n) is 5.72. The third-order valence-corrected chi connectivity index (χ3v) is 7.71. The smallest absolute Gasteiger partial charge is 0.206 e. The summed E-state index contributed by atoms with van der Waals surface area (Å²) >= 11 is 13.2. The molecule has 2 atom stereocenters. The standard InChI is InChI=1S/C11H15Cl2NO2S2/c1-7-5-10(17-11(7)13)18(15,16)14-4-3-9(12)8(2)6-14/h5,8-9H,3-4,6H2,1-2H3. The Morgan fingerprint density at radius 1 is 1.50 bits per heavy atom. The second-order valence-corrected chi connectivity index (χ2v) is 9.05. The fourth-order valence-corrected chi connectivity index (χ4v) is 5.58. The van der Waals surface area contributed by atoms with E-state index in [0.717, 1.165) is 16.9 Å². The number of piperidine rings is 1. The highest BCUT2D eigenvalue weighted by atomic mass is 35.5. The Morgan fingerprint density at radius 3 is 2.67 bits per heavy atom. The first-order chi connectivity index (χ1) is 8.32. The van der Waals surface area contributed by atoms with Gasteiger partial charge in [0.05, 0.1) is 4.34 Å². The number of alkyl halides is 1. The van der Waals surface area contributed by atoms with E-state index in [2.05, 4.69) is 0 Å². The summed E-state index contributed by atoms with van der Waals surface area (Å²) in [5.41, 5.74) is 0.806. The van der Waals surface area contributed by atoms with Crippen molar-refractivity contribution in [3.8, 4) is 0 Å². The Hall–Kier alpha value is 0.190. The zero-order valence-electron chi connectivity index (χ0n) is 10.2. The van der Waals surface area contributed by atoms with Gasteiger partial charge in [0.2, 0.25) is 0 Å². The number of hydrogen-bond donors (Lipinski definition) is 0. The van der Waals surface area contributed by atoms with Crippen LogP contribution in [-0.4, -0.2) is 31.2 Å². The molecular weight excluding hydrogens is 313 g/mol. The topological polar surface area (TPSA) is 37.4 Å². The van der Waals surface area contributed by atoms with Gasteiger partial charge in [0.25, 0.3) is 10.0 Å². The summed E-state index contributed by atoms with van der Waals surface area (Å²) in [5, 5.41) is 0.0603. The highest BCUT2D eigenvalue weighted by molar-refractivity contribution is 7.91. The van der Waals surface area contributed by atoms with E-state index in [0.29, 0.717) is 28.1 Å². The quantitative estimate of drug-likeness (QED) is 0.781. The molecule has 2 rings (SSSR count). The van der Waals surface area contributed by atoms with Crippen LogP contribution in [0.2, 0.25) is 4.34 Å². The number of aryl methyl sites for hydroxylation is 1. The third kappa shape index (κ3) is 2.70. The molecule has 0 aliphatic carbocycles. The molecule has 0 spiro atoms. The zero-order valence-corrected chi connectivity index (χ0v) is 13.3. The molecule has 3 nitrogen and oxygen atoms in total. The molecule has 0 N–H and O–H groups in total. The monoisotopic (exact) mass is 327 g/mol. The number of halogens is 2. The van der Waals surface area contributed by atoms with Crippen molar-refractivity contribution in [1.82, 2.24) is 4.31 Å². The van der Waals surface area contributed by atoms with Crippen LogP contribution in [0.15, 0.2) is 10.3 Å². The lowest BCUT2D eigenvalue weighted by Gasteiger charge is -2.32. The summed E-state index contributed by atoms with van der Waals surface area (Å²) in [6.45, 7) is 4.75. The molecule has 0 radical (unpaired) electrons. The minimum absolute atomic E-state index is 0.0603. The first kappa shape index (κ1) is 14.6. The van der Waals surface area contributed by atoms with Crippen LogP contribution in [0, 0.1) is 12.8 Å². The molecular formula is C11H15Cl2NO2S2. The molecule has 1 saturated heterocycles. The van der Waals surface area contributed by atoms with Crippen LogP contribution in [0.25, 0.3) is 0 Å². The fraction of sp³-hybridized carbons (Fsp3) is 0.636. The van der Waals surface area contributed by atoms with E-state index in [4.69, 9.17) is 23.2 Å². The van der Waals surface area contributed by atoms with Crippen LogP contribution in [0.3, 0.4) is 0 Å². The van der Waals surface area contributed by atoms with Gasteiger partial charge in [-0.15, -0.1) is 22.9 Å². The number of hydrogen-bond acceptors (Lipinski definition) is 3. The predicted octanol–water partition coefficient (Wildman–Crippen LogP) is 3.35. The molecule has 0 aromatic carbocycles. The molecule has 1 fully saturated rings. The number of thiophene rings is 1. The predicted molar refractivity (Wildman–Crippen MR) is 76.2 cm³/mol. The lowest BCUT2D eigenvalue weighted by atomic mass is 10.0. The van der Waals surface area contributed by atoms with Crippen molar-refractivity contribution < 1.29 is 8.42 Å². The van der Waals surface area contributed by atoms with E-state index >= 15 is 0 Å². The Labute approximate surface area is 122 Å². The number of nitrogens with zero attached hydrogens (tertiary/aromatic N) is 1. The van der Waals surface area contributed by atoms with E-state index in [1.165, 1.54) is 4.31 Å². The van der Waals surface area contributed by atoms with Crippen LogP contribution in [0.1, 0.15) is 18.9 Å². The van der Waals surface area contributed by atoms with Gasteiger partial charge in [0, 0.05) is 18.5 Å². The second-order valence-electron chi connectivity index (χ2n) is 4.67. The molecule has 7 heteroatoms. The van der Waals surface area contributed by atoms with E-state index in [9.17, 15) is 8.42 Å². The van der Waals surface area contributed by atoms with Crippen molar-refractivity contribution in [2.45, 2.75) is 29.9 Å². The van der Waals surface area contributed by atoms with Crippen LogP contribution in [0.4, 0.5) is 0 Å². The molecule has 1 aromatic rings. The van der Waals surface area contributed by atoms with Crippen molar-refractivity contribution in [2.24, 2.45) is 5.92 Å². The Morgan fingerprint density at radius 2 is 2.17 bits per heavy atom. The van der Waals surface area contributed by atoms with Gasteiger partial charge in [-0.1, -0.05) is 18.5 Å². The zero-order chi connectivity index (χ0) is 13.5. The maximum Gasteiger partial charge on any atom is 0.252 e. The third-order valence-electron chi connectivity index (χ3n) is 3.19. The highest BCUT2D eigenvalue weighted by Gasteiger charge is 2.33. The van der Waals surface area contributed by atoms with Crippen LogP contribution < -0.4 is 0 Å². The molecule has 0 saturated carbocycles. The van der Waals surface area contributed by atoms with E-state index in [1.807, 2.05) is 13.8 Å². The lowest BCUT2D eigenvalue weighted by Crippen LogP contribution is -2.43. The molecule has 1 aliphatic rings. The summed E-state index contributed by atoms with van der Waals surface area (Å²) in [4.78, 5) is 0. The minimum Gasteiger partial charge on any atom is -0.206 e. The number of rotatable bonds is 2. The van der Waals surface area contributed by atoms with E-state index in [1.54, 1.807) is 6.07 Å². The van der Waals surface area contributed by atoms with Crippen LogP contribution >= 0.6 is 34.5 Å². The molecule has 1 aliphatic heterocycles. The average molecular weight is 328 g/mol. The molecule has 2 unspecified atom stereocenters. The van der Waals surface area contributed by atoms with Crippen molar-refractivity contribution in [2.75, 3.05) is 13.1 Å². The maximum atomic E-state index is 12.4. The number of sulfonamides is 1. The van der Waals surface area contributed by atoms with Gasteiger partial charge in [-0.05, 0) is 30.9 Å². The van der Waals surface area contributed by atoms with Crippen molar-refractivity contribution in [1.29, 1.82) is 0 Å². The Kier molecular flexibility index (Phi) is 4.29. The van der Waals surface area contributed by atoms with Crippen molar-refractivity contribution in [3.63, 3.8) is 0 Å².